The fourth-order valence-corrected chi connectivity index (χ4v) is 2.70. The number of amides is 1. The lowest BCUT2D eigenvalue weighted by atomic mass is 9.97. The van der Waals surface area contributed by atoms with Gasteiger partial charge in [-0.2, -0.15) is 0 Å². The van der Waals surface area contributed by atoms with Crippen LogP contribution in [0, 0.1) is 0 Å². The molecule has 2 aliphatic rings. The first-order valence-corrected chi connectivity index (χ1v) is 5.32. The van der Waals surface area contributed by atoms with E-state index in [1.165, 1.54) is 25.8 Å². The Labute approximate surface area is 103 Å². The van der Waals surface area contributed by atoms with Gasteiger partial charge in [0.15, 0.2) is 0 Å². The summed E-state index contributed by atoms with van der Waals surface area (Å²) < 4.78 is 1.12. The van der Waals surface area contributed by atoms with Crippen molar-refractivity contribution in [3.05, 3.63) is 0 Å². The Hall–Kier alpha value is 0.160. The molecule has 1 amide bonds. The summed E-state index contributed by atoms with van der Waals surface area (Å²) >= 11 is 0. The Kier molecular flexibility index (Phi) is 4.18. The summed E-state index contributed by atoms with van der Waals surface area (Å²) in [5.74, 6) is 0.258. The lowest BCUT2D eigenvalue weighted by Gasteiger charge is -2.43. The Morgan fingerprint density at radius 2 is 2.14 bits per heavy atom. The number of piperidine rings is 1. The molecule has 2 unspecified atom stereocenters. The molecular weight excluding hydrogens is 291 g/mol. The summed E-state index contributed by atoms with van der Waals surface area (Å²) in [5.41, 5.74) is 0. The van der Waals surface area contributed by atoms with Gasteiger partial charge in [0.1, 0.15) is 0 Å². The van der Waals surface area contributed by atoms with Crippen molar-refractivity contribution in [1.82, 2.24) is 5.32 Å². The van der Waals surface area contributed by atoms with Crippen LogP contribution in [0.5, 0.6) is 0 Å². The zero-order valence-electron chi connectivity index (χ0n) is 8.76. The molecule has 1 N–H and O–H groups in total. The standard InChI is InChI=1S/C10H18N2O.HI/c1-12-6-3-2-4-9(12)8-10(13)11-5-7-12;/h9H,2-8H2,1H3;1H. The van der Waals surface area contributed by atoms with Crippen molar-refractivity contribution in [1.29, 1.82) is 0 Å². The third-order valence-corrected chi connectivity index (χ3v) is 3.70. The van der Waals surface area contributed by atoms with Crippen molar-refractivity contribution in [3.8, 4) is 0 Å². The van der Waals surface area contributed by atoms with Crippen LogP contribution in [0.4, 0.5) is 0 Å². The Balaban J connectivity index is 0.000000980. The number of rotatable bonds is 0. The van der Waals surface area contributed by atoms with Crippen molar-refractivity contribution < 1.29 is 33.3 Å². The van der Waals surface area contributed by atoms with Gasteiger partial charge >= 0.3 is 0 Å². The van der Waals surface area contributed by atoms with Crippen LogP contribution in [0.2, 0.25) is 0 Å². The first-order chi connectivity index (χ1) is 6.21. The molecule has 0 aromatic carbocycles. The highest BCUT2D eigenvalue weighted by atomic mass is 127. The van der Waals surface area contributed by atoms with Crippen molar-refractivity contribution in [2.45, 2.75) is 31.7 Å². The summed E-state index contributed by atoms with van der Waals surface area (Å²) in [6.45, 7) is 3.25. The Bertz CT molecular complexity index is 222. The highest BCUT2D eigenvalue weighted by Gasteiger charge is 2.38. The number of hydrogen-bond donors (Lipinski definition) is 1. The van der Waals surface area contributed by atoms with Gasteiger partial charge in [0.05, 0.1) is 39.1 Å². The molecule has 3 nitrogen and oxygen atoms in total. The maximum atomic E-state index is 11.4. The van der Waals surface area contributed by atoms with Crippen LogP contribution in [0.3, 0.4) is 0 Å². The van der Waals surface area contributed by atoms with Gasteiger partial charge in [0.25, 0.3) is 0 Å². The SMILES string of the molecule is C[N+]12CCCCC1CC(=O)NCC2.[I-]. The van der Waals surface area contributed by atoms with Crippen molar-refractivity contribution >= 4 is 5.91 Å². The number of likely N-dealkylation sites (N-methyl/N-ethyl adjacent to an activating group) is 1. The number of hydrogen-bond acceptors (Lipinski definition) is 1. The number of nitrogens with one attached hydrogen (secondary N) is 1. The molecule has 0 spiro atoms. The Morgan fingerprint density at radius 3 is 2.93 bits per heavy atom. The van der Waals surface area contributed by atoms with Crippen LogP contribution in [0.15, 0.2) is 0 Å². The molecule has 0 radical (unpaired) electrons. The second-order valence-electron chi connectivity index (χ2n) is 4.63. The van der Waals surface area contributed by atoms with Gasteiger partial charge < -0.3 is 33.8 Å². The molecule has 4 heteroatoms. The molecule has 0 aromatic heterocycles. The lowest BCUT2D eigenvalue weighted by Crippen LogP contribution is -3.00. The first kappa shape index (κ1) is 12.2. The van der Waals surface area contributed by atoms with E-state index < -0.39 is 0 Å². The quantitative estimate of drug-likeness (QED) is 0.389. The maximum absolute atomic E-state index is 11.4. The second kappa shape index (κ2) is 4.79. The van der Waals surface area contributed by atoms with Crippen LogP contribution < -0.4 is 29.3 Å². The second-order valence-corrected chi connectivity index (χ2v) is 4.63. The highest BCUT2D eigenvalue weighted by Crippen LogP contribution is 2.26. The average molecular weight is 310 g/mol. The summed E-state index contributed by atoms with van der Waals surface area (Å²) in [6, 6.07) is 0.594. The molecule has 2 aliphatic heterocycles. The molecule has 2 atom stereocenters. The molecule has 0 saturated carbocycles. The van der Waals surface area contributed by atoms with E-state index in [0.717, 1.165) is 24.0 Å². The number of quaternary nitrogens is 1. The number of nitrogens with zero attached hydrogens (tertiary/aromatic N) is 1. The zero-order valence-corrected chi connectivity index (χ0v) is 10.9. The molecular formula is C10H19IN2O. The minimum atomic E-state index is 0. The van der Waals surface area contributed by atoms with E-state index >= 15 is 0 Å². The van der Waals surface area contributed by atoms with Gasteiger partial charge in [-0.15, -0.1) is 0 Å². The molecule has 82 valence electrons. The van der Waals surface area contributed by atoms with Gasteiger partial charge in [-0.1, -0.05) is 0 Å². The van der Waals surface area contributed by atoms with Crippen molar-refractivity contribution in [2.24, 2.45) is 0 Å². The molecule has 2 rings (SSSR count). The van der Waals surface area contributed by atoms with Crippen LogP contribution in [-0.4, -0.2) is 43.1 Å². The maximum Gasteiger partial charge on any atom is 0.226 e. The van der Waals surface area contributed by atoms with E-state index in [0.29, 0.717) is 6.04 Å². The van der Waals surface area contributed by atoms with Crippen molar-refractivity contribution in [3.63, 3.8) is 0 Å². The minimum Gasteiger partial charge on any atom is -1.00 e. The topological polar surface area (TPSA) is 29.1 Å². The molecule has 14 heavy (non-hydrogen) atoms. The third-order valence-electron chi connectivity index (χ3n) is 3.70. The molecule has 2 heterocycles. The van der Waals surface area contributed by atoms with E-state index in [4.69, 9.17) is 0 Å². The molecule has 0 aliphatic carbocycles. The van der Waals surface area contributed by atoms with E-state index in [1.807, 2.05) is 0 Å². The van der Waals surface area contributed by atoms with Gasteiger partial charge in [0.2, 0.25) is 5.91 Å². The fourth-order valence-electron chi connectivity index (χ4n) is 2.70. The monoisotopic (exact) mass is 310 g/mol. The molecule has 0 bridgehead atoms. The predicted molar refractivity (Wildman–Crippen MR) is 51.2 cm³/mol. The van der Waals surface area contributed by atoms with Crippen LogP contribution in [0.1, 0.15) is 25.7 Å². The summed E-state index contributed by atoms with van der Waals surface area (Å²) in [6.07, 6.45) is 4.63. The first-order valence-electron chi connectivity index (χ1n) is 5.32. The normalized spacial score (nSPS) is 37.5. The molecule has 2 fully saturated rings. The number of fused-ring (bicyclic) bond motifs is 1. The van der Waals surface area contributed by atoms with Crippen LogP contribution >= 0.6 is 0 Å². The van der Waals surface area contributed by atoms with E-state index in [1.54, 1.807) is 0 Å². The minimum absolute atomic E-state index is 0. The molecule has 0 aromatic rings. The van der Waals surface area contributed by atoms with Gasteiger partial charge in [-0.25, -0.2) is 0 Å². The number of carbonyl (C=O) groups excluding carboxylic acids is 1. The summed E-state index contributed by atoms with van der Waals surface area (Å²) in [4.78, 5) is 11.4. The van der Waals surface area contributed by atoms with Crippen molar-refractivity contribution in [2.75, 3.05) is 26.7 Å². The van der Waals surface area contributed by atoms with Gasteiger partial charge in [-0.05, 0) is 12.8 Å². The number of halogens is 1. The average Bonchev–Trinajstić information content (AvgIpc) is 2.23. The third kappa shape index (κ3) is 2.39. The predicted octanol–water partition coefficient (Wildman–Crippen LogP) is -2.49. The smallest absolute Gasteiger partial charge is 0.226 e. The molecule has 2 saturated heterocycles. The van der Waals surface area contributed by atoms with Crippen LogP contribution in [-0.2, 0) is 4.79 Å². The highest BCUT2D eigenvalue weighted by molar-refractivity contribution is 5.76. The van der Waals surface area contributed by atoms with Gasteiger partial charge in [-0.3, -0.25) is 4.79 Å². The Morgan fingerprint density at radius 1 is 1.36 bits per heavy atom. The largest absolute Gasteiger partial charge is 1.00 e. The van der Waals surface area contributed by atoms with E-state index in [-0.39, 0.29) is 29.9 Å². The number of carbonyl (C=O) groups is 1. The zero-order chi connectivity index (χ0) is 9.31. The van der Waals surface area contributed by atoms with E-state index in [2.05, 4.69) is 12.4 Å². The lowest BCUT2D eigenvalue weighted by molar-refractivity contribution is -0.935. The summed E-state index contributed by atoms with van der Waals surface area (Å²) in [7, 11) is 2.31. The van der Waals surface area contributed by atoms with E-state index in [9.17, 15) is 4.79 Å². The summed E-state index contributed by atoms with van der Waals surface area (Å²) in [5, 5.41) is 2.97. The fraction of sp³-hybridized carbons (Fsp3) is 0.900. The van der Waals surface area contributed by atoms with Crippen LogP contribution in [0.25, 0.3) is 0 Å². The van der Waals surface area contributed by atoms with Gasteiger partial charge in [0, 0.05) is 6.42 Å².